The van der Waals surface area contributed by atoms with Gasteiger partial charge in [-0.15, -0.1) is 6.42 Å². The van der Waals surface area contributed by atoms with Crippen LogP contribution in [-0.2, 0) is 24.8 Å². The molecule has 0 radical (unpaired) electrons. The third-order valence-corrected chi connectivity index (χ3v) is 11.1. The number of hydrogen-bond donors (Lipinski definition) is 0. The highest BCUT2D eigenvalue weighted by Crippen LogP contribution is 2.39. The van der Waals surface area contributed by atoms with E-state index >= 15 is 0 Å². The summed E-state index contributed by atoms with van der Waals surface area (Å²) in [7, 11) is -7.43. The van der Waals surface area contributed by atoms with E-state index in [9.17, 15) is 16.8 Å². The highest BCUT2D eigenvalue weighted by Gasteiger charge is 2.51. The molecular formula is C32H38N2O5S2. The molecule has 4 rings (SSSR count). The van der Waals surface area contributed by atoms with Crippen LogP contribution in [0.2, 0.25) is 0 Å². The molecule has 0 saturated carbocycles. The zero-order valence-electron chi connectivity index (χ0n) is 24.3. The van der Waals surface area contributed by atoms with Crippen molar-refractivity contribution in [1.82, 2.24) is 8.61 Å². The first kappa shape index (κ1) is 32.4. The van der Waals surface area contributed by atoms with E-state index in [0.717, 1.165) is 11.1 Å². The summed E-state index contributed by atoms with van der Waals surface area (Å²) in [6, 6.07) is 14.0. The molecule has 2 aliphatic rings. The fraction of sp³-hybridized carbons (Fsp3) is 0.438. The van der Waals surface area contributed by atoms with Crippen molar-refractivity contribution in [3.05, 3.63) is 59.7 Å². The Morgan fingerprint density at radius 2 is 1.24 bits per heavy atom. The summed E-state index contributed by atoms with van der Waals surface area (Å²) in [5.41, 5.74) is 1.15. The first-order chi connectivity index (χ1) is 19.4. The van der Waals surface area contributed by atoms with Crippen LogP contribution in [0.5, 0.6) is 0 Å². The van der Waals surface area contributed by atoms with E-state index in [1.165, 1.54) is 8.61 Å². The van der Waals surface area contributed by atoms with Crippen molar-refractivity contribution < 1.29 is 21.6 Å². The highest BCUT2D eigenvalue weighted by atomic mass is 32.2. The van der Waals surface area contributed by atoms with Gasteiger partial charge in [0.1, 0.15) is 5.72 Å². The average Bonchev–Trinajstić information content (AvgIpc) is 3.37. The second-order valence-electron chi connectivity index (χ2n) is 10.5. The fourth-order valence-electron chi connectivity index (χ4n) is 4.86. The molecule has 0 N–H and O–H groups in total. The van der Waals surface area contributed by atoms with Crippen LogP contribution in [0.3, 0.4) is 0 Å². The molecule has 2 aliphatic heterocycles. The maximum Gasteiger partial charge on any atom is 0.245 e. The second kappa shape index (κ2) is 13.7. The van der Waals surface area contributed by atoms with E-state index in [0.29, 0.717) is 31.3 Å². The predicted octanol–water partition coefficient (Wildman–Crippen LogP) is 4.78. The van der Waals surface area contributed by atoms with E-state index in [2.05, 4.69) is 57.3 Å². The van der Waals surface area contributed by atoms with Crippen LogP contribution < -0.4 is 0 Å². The van der Waals surface area contributed by atoms with Gasteiger partial charge in [-0.25, -0.2) is 16.8 Å². The van der Waals surface area contributed by atoms with Crippen LogP contribution in [0, 0.1) is 36.0 Å². The van der Waals surface area contributed by atoms with Crippen molar-refractivity contribution in [2.45, 2.75) is 74.8 Å². The molecule has 1 spiro atoms. The van der Waals surface area contributed by atoms with E-state index in [1.807, 2.05) is 24.3 Å². The third-order valence-electron chi connectivity index (χ3n) is 7.26. The van der Waals surface area contributed by atoms with Crippen molar-refractivity contribution in [2.24, 2.45) is 0 Å². The van der Waals surface area contributed by atoms with E-state index in [1.54, 1.807) is 31.2 Å². The van der Waals surface area contributed by atoms with Gasteiger partial charge in [-0.05, 0) is 77.8 Å². The molecule has 0 aromatic heterocycles. The van der Waals surface area contributed by atoms with Crippen molar-refractivity contribution >= 4 is 20.0 Å². The van der Waals surface area contributed by atoms with Gasteiger partial charge in [0.25, 0.3) is 0 Å². The van der Waals surface area contributed by atoms with Crippen LogP contribution in [0.1, 0.15) is 70.4 Å². The number of sulfonamides is 2. The van der Waals surface area contributed by atoms with Crippen molar-refractivity contribution in [3.63, 3.8) is 0 Å². The molecular weight excluding hydrogens is 556 g/mol. The molecule has 0 unspecified atom stereocenters. The topological polar surface area (TPSA) is 84.0 Å². The van der Waals surface area contributed by atoms with Crippen LogP contribution in [0.15, 0.2) is 58.3 Å². The Bertz CT molecular complexity index is 1570. The van der Waals surface area contributed by atoms with Gasteiger partial charge in [0.15, 0.2) is 0 Å². The van der Waals surface area contributed by atoms with E-state index in [4.69, 9.17) is 11.2 Å². The first-order valence-corrected chi connectivity index (χ1v) is 16.5. The standard InChI is InChI=1S/C25H34N2O5S2.C7H4/c1-19(2)21-5-9-23(10-6-21)33(28,29)26-15-13-25(14-16-26)27(17-18-32-25)34(30,31)24-11-7-22(8-12-24)20(3)4;1-3-5-7-6-4-2/h5-12,19-20H,13-18H2,1-4H3;1H,2H3. The minimum Gasteiger partial charge on any atom is -0.358 e. The number of piperidine rings is 1. The molecule has 0 amide bonds. The van der Waals surface area contributed by atoms with Gasteiger partial charge < -0.3 is 4.74 Å². The molecule has 7 nitrogen and oxygen atoms in total. The van der Waals surface area contributed by atoms with Gasteiger partial charge in [-0.1, -0.05) is 57.9 Å². The molecule has 0 atom stereocenters. The molecule has 2 fully saturated rings. The molecule has 2 saturated heterocycles. The normalized spacial score (nSPS) is 17.1. The monoisotopic (exact) mass is 594 g/mol. The number of nitrogens with zero attached hydrogens (tertiary/aromatic N) is 2. The molecule has 2 heterocycles. The Morgan fingerprint density at radius 1 is 0.756 bits per heavy atom. The van der Waals surface area contributed by atoms with Crippen LogP contribution in [-0.4, -0.2) is 57.4 Å². The predicted molar refractivity (Wildman–Crippen MR) is 162 cm³/mol. The first-order valence-electron chi connectivity index (χ1n) is 13.6. The van der Waals surface area contributed by atoms with Crippen molar-refractivity contribution in [1.29, 1.82) is 0 Å². The highest BCUT2D eigenvalue weighted by molar-refractivity contribution is 7.89. The van der Waals surface area contributed by atoms with E-state index < -0.39 is 25.8 Å². The quantitative estimate of drug-likeness (QED) is 0.450. The minimum atomic E-state index is -3.77. The number of ether oxygens (including phenoxy) is 1. The van der Waals surface area contributed by atoms with E-state index in [-0.39, 0.29) is 29.4 Å². The molecule has 218 valence electrons. The lowest BCUT2D eigenvalue weighted by molar-refractivity contribution is -0.0806. The number of terminal acetylenes is 1. The van der Waals surface area contributed by atoms with Crippen molar-refractivity contribution in [3.8, 4) is 36.0 Å². The molecule has 2 aromatic carbocycles. The lowest BCUT2D eigenvalue weighted by Crippen LogP contribution is -2.55. The van der Waals surface area contributed by atoms with Gasteiger partial charge >= 0.3 is 0 Å². The Kier molecular flexibility index (Phi) is 10.8. The maximum absolute atomic E-state index is 13.5. The Hall–Kier alpha value is -3.10. The minimum absolute atomic E-state index is 0.201. The maximum atomic E-state index is 13.5. The largest absolute Gasteiger partial charge is 0.358 e. The van der Waals surface area contributed by atoms with Crippen molar-refractivity contribution in [2.75, 3.05) is 26.2 Å². The molecule has 41 heavy (non-hydrogen) atoms. The van der Waals surface area contributed by atoms with Gasteiger partial charge in [-0.2, -0.15) is 8.61 Å². The molecule has 0 bridgehead atoms. The number of hydrogen-bond acceptors (Lipinski definition) is 5. The van der Waals surface area contributed by atoms with Gasteiger partial charge in [0.05, 0.1) is 16.4 Å². The summed E-state index contributed by atoms with van der Waals surface area (Å²) in [6.45, 7) is 10.9. The molecule has 2 aromatic rings. The summed E-state index contributed by atoms with van der Waals surface area (Å²) in [5, 5.41) is 0. The summed E-state index contributed by atoms with van der Waals surface area (Å²) in [4.78, 5) is 0.497. The third kappa shape index (κ3) is 7.41. The SMILES string of the molecule is C#CC#CC#CC.CC(C)c1ccc(S(=O)(=O)N2CCC3(CC2)OCCN3S(=O)(=O)c2ccc(C(C)C)cc2)cc1. The smallest absolute Gasteiger partial charge is 0.245 e. The Balaban J connectivity index is 0.000000587. The lowest BCUT2D eigenvalue weighted by Gasteiger charge is -2.42. The number of benzene rings is 2. The van der Waals surface area contributed by atoms with Crippen LogP contribution >= 0.6 is 0 Å². The second-order valence-corrected chi connectivity index (χ2v) is 14.3. The lowest BCUT2D eigenvalue weighted by atomic mass is 10.0. The fourth-order valence-corrected chi connectivity index (χ4v) is 8.02. The van der Waals surface area contributed by atoms with Crippen LogP contribution in [0.25, 0.3) is 0 Å². The molecule has 9 heteroatoms. The zero-order valence-corrected chi connectivity index (χ0v) is 26.0. The summed E-state index contributed by atoms with van der Waals surface area (Å²) in [6.07, 6.45) is 5.36. The van der Waals surface area contributed by atoms with Gasteiger partial charge in [0, 0.05) is 32.5 Å². The summed E-state index contributed by atoms with van der Waals surface area (Å²) in [5.74, 6) is 12.6. The summed E-state index contributed by atoms with van der Waals surface area (Å²) >= 11 is 0. The average molecular weight is 595 g/mol. The van der Waals surface area contributed by atoms with Gasteiger partial charge in [-0.3, -0.25) is 0 Å². The number of rotatable bonds is 6. The Morgan fingerprint density at radius 3 is 1.68 bits per heavy atom. The van der Waals surface area contributed by atoms with Gasteiger partial charge in [0.2, 0.25) is 20.0 Å². The summed E-state index contributed by atoms with van der Waals surface area (Å²) < 4.78 is 62.3. The zero-order chi connectivity index (χ0) is 30.3. The molecule has 0 aliphatic carbocycles. The Labute approximate surface area is 246 Å². The van der Waals surface area contributed by atoms with Crippen LogP contribution in [0.4, 0.5) is 0 Å².